The largest absolute Gasteiger partial charge is 0.337 e. The summed E-state index contributed by atoms with van der Waals surface area (Å²) < 4.78 is 1.06. The Labute approximate surface area is 123 Å². The van der Waals surface area contributed by atoms with Crippen LogP contribution in [0.25, 0.3) is 0 Å². The molecule has 0 spiro atoms. The van der Waals surface area contributed by atoms with E-state index in [0.717, 1.165) is 9.35 Å². The van der Waals surface area contributed by atoms with Crippen LogP contribution in [-0.4, -0.2) is 22.8 Å². The number of nitrogens with zero attached hydrogens (tertiary/aromatic N) is 2. The summed E-state index contributed by atoms with van der Waals surface area (Å²) in [6.07, 6.45) is 3.04. The molecule has 2 rings (SSSR count). The van der Waals surface area contributed by atoms with Crippen LogP contribution in [0.2, 0.25) is 5.02 Å². The van der Waals surface area contributed by atoms with Crippen LogP contribution < -0.4 is 0 Å². The van der Waals surface area contributed by atoms with E-state index in [1.165, 1.54) is 6.20 Å². The Kier molecular flexibility index (Phi) is 4.37. The van der Waals surface area contributed by atoms with Crippen LogP contribution in [0, 0.1) is 0 Å². The standard InChI is InChI=1S/C12H10BrClN2OS/c1-16(6-8-4-11(13)18-7-8)12(17)9-2-3-15-5-10(9)14/h2-5,7H,6H2,1H3. The average molecular weight is 346 g/mol. The maximum absolute atomic E-state index is 12.2. The van der Waals surface area contributed by atoms with Crippen LogP contribution in [0.5, 0.6) is 0 Å². The van der Waals surface area contributed by atoms with Crippen molar-refractivity contribution < 1.29 is 4.79 Å². The Bertz CT molecular complexity index is 573. The van der Waals surface area contributed by atoms with Crippen LogP contribution >= 0.6 is 38.9 Å². The third-order valence-corrected chi connectivity index (χ3v) is 4.25. The monoisotopic (exact) mass is 344 g/mol. The van der Waals surface area contributed by atoms with Gasteiger partial charge in [0.1, 0.15) is 0 Å². The van der Waals surface area contributed by atoms with E-state index in [-0.39, 0.29) is 5.91 Å². The second kappa shape index (κ2) is 5.82. The quantitative estimate of drug-likeness (QED) is 0.847. The SMILES string of the molecule is CN(Cc1csc(Br)c1)C(=O)c1ccncc1Cl. The van der Waals surface area contributed by atoms with Gasteiger partial charge in [-0.25, -0.2) is 0 Å². The lowest BCUT2D eigenvalue weighted by molar-refractivity contribution is 0.0785. The first-order chi connectivity index (χ1) is 8.58. The molecule has 0 aliphatic heterocycles. The molecule has 0 unspecified atom stereocenters. The maximum atomic E-state index is 12.2. The maximum Gasteiger partial charge on any atom is 0.255 e. The molecule has 0 atom stereocenters. The number of carbonyl (C=O) groups excluding carboxylic acids is 1. The second-order valence-electron chi connectivity index (χ2n) is 3.78. The molecular formula is C12H10BrClN2OS. The van der Waals surface area contributed by atoms with Crippen molar-refractivity contribution in [3.05, 3.63) is 49.8 Å². The van der Waals surface area contributed by atoms with Gasteiger partial charge in [0.2, 0.25) is 0 Å². The molecule has 2 aromatic rings. The van der Waals surface area contributed by atoms with Gasteiger partial charge in [-0.05, 0) is 39.0 Å². The number of hydrogen-bond acceptors (Lipinski definition) is 3. The molecule has 0 bridgehead atoms. The molecule has 0 radical (unpaired) electrons. The van der Waals surface area contributed by atoms with Crippen molar-refractivity contribution in [2.45, 2.75) is 6.54 Å². The summed E-state index contributed by atoms with van der Waals surface area (Å²) in [5.41, 5.74) is 1.57. The zero-order valence-electron chi connectivity index (χ0n) is 9.56. The zero-order chi connectivity index (χ0) is 13.1. The lowest BCUT2D eigenvalue weighted by Crippen LogP contribution is -2.26. The van der Waals surface area contributed by atoms with Crippen molar-refractivity contribution in [1.29, 1.82) is 0 Å². The molecule has 0 fully saturated rings. The Morgan fingerprint density at radius 2 is 2.39 bits per heavy atom. The molecule has 0 saturated heterocycles. The van der Waals surface area contributed by atoms with Crippen molar-refractivity contribution in [2.75, 3.05) is 7.05 Å². The summed E-state index contributed by atoms with van der Waals surface area (Å²) in [4.78, 5) is 17.7. The third-order valence-electron chi connectivity index (χ3n) is 2.39. The minimum atomic E-state index is -0.107. The number of thiophene rings is 1. The number of halogens is 2. The van der Waals surface area contributed by atoms with Crippen LogP contribution in [-0.2, 0) is 6.54 Å². The van der Waals surface area contributed by atoms with Gasteiger partial charge in [-0.2, -0.15) is 0 Å². The van der Waals surface area contributed by atoms with Crippen molar-refractivity contribution >= 4 is 44.8 Å². The van der Waals surface area contributed by atoms with Crippen molar-refractivity contribution in [2.24, 2.45) is 0 Å². The predicted octanol–water partition coefficient (Wildman–Crippen LogP) is 3.83. The summed E-state index contributed by atoms with van der Waals surface area (Å²) in [6, 6.07) is 3.63. The van der Waals surface area contributed by atoms with Crippen LogP contribution in [0.1, 0.15) is 15.9 Å². The molecule has 2 heterocycles. The topological polar surface area (TPSA) is 33.2 Å². The molecule has 0 saturated carbocycles. The number of carbonyl (C=O) groups is 1. The second-order valence-corrected chi connectivity index (χ2v) is 6.47. The van der Waals surface area contributed by atoms with E-state index in [2.05, 4.69) is 20.9 Å². The first kappa shape index (κ1) is 13.5. The third kappa shape index (κ3) is 3.10. The van der Waals surface area contributed by atoms with Crippen molar-refractivity contribution in [3.8, 4) is 0 Å². The number of amides is 1. The van der Waals surface area contributed by atoms with Gasteiger partial charge in [0, 0.05) is 26.0 Å². The lowest BCUT2D eigenvalue weighted by atomic mass is 10.2. The van der Waals surface area contributed by atoms with E-state index in [4.69, 9.17) is 11.6 Å². The van der Waals surface area contributed by atoms with E-state index in [1.807, 2.05) is 11.4 Å². The molecule has 3 nitrogen and oxygen atoms in total. The Morgan fingerprint density at radius 1 is 1.61 bits per heavy atom. The lowest BCUT2D eigenvalue weighted by Gasteiger charge is -2.16. The molecule has 18 heavy (non-hydrogen) atoms. The molecule has 6 heteroatoms. The minimum Gasteiger partial charge on any atom is -0.337 e. The highest BCUT2D eigenvalue weighted by atomic mass is 79.9. The fourth-order valence-corrected chi connectivity index (χ4v) is 2.93. The summed E-state index contributed by atoms with van der Waals surface area (Å²) in [6.45, 7) is 0.555. The first-order valence-electron chi connectivity index (χ1n) is 5.16. The minimum absolute atomic E-state index is 0.107. The molecular weight excluding hydrogens is 336 g/mol. The fourth-order valence-electron chi connectivity index (χ4n) is 1.53. The van der Waals surface area contributed by atoms with Gasteiger partial charge in [0.25, 0.3) is 5.91 Å². The Morgan fingerprint density at radius 3 is 3.00 bits per heavy atom. The van der Waals surface area contributed by atoms with Gasteiger partial charge in [-0.3, -0.25) is 9.78 Å². The number of rotatable bonds is 3. The normalized spacial score (nSPS) is 10.4. The van der Waals surface area contributed by atoms with Crippen molar-refractivity contribution in [1.82, 2.24) is 9.88 Å². The van der Waals surface area contributed by atoms with Crippen LogP contribution in [0.4, 0.5) is 0 Å². The Balaban J connectivity index is 2.12. The highest BCUT2D eigenvalue weighted by Crippen LogP contribution is 2.22. The zero-order valence-corrected chi connectivity index (χ0v) is 12.7. The fraction of sp³-hybridized carbons (Fsp3) is 0.167. The summed E-state index contributed by atoms with van der Waals surface area (Å²) >= 11 is 11.0. The van der Waals surface area contributed by atoms with Gasteiger partial charge in [-0.1, -0.05) is 11.6 Å². The molecule has 1 amide bonds. The van der Waals surface area contributed by atoms with E-state index in [9.17, 15) is 4.79 Å². The van der Waals surface area contributed by atoms with Gasteiger partial charge < -0.3 is 4.90 Å². The Hall–Kier alpha value is -0.910. The molecule has 0 N–H and O–H groups in total. The van der Waals surface area contributed by atoms with Crippen LogP contribution in [0.3, 0.4) is 0 Å². The molecule has 0 aliphatic rings. The summed E-state index contributed by atoms with van der Waals surface area (Å²) in [5.74, 6) is -0.107. The van der Waals surface area contributed by atoms with Gasteiger partial charge in [0.05, 0.1) is 14.4 Å². The predicted molar refractivity (Wildman–Crippen MR) is 77.1 cm³/mol. The molecule has 0 aromatic carbocycles. The van der Waals surface area contributed by atoms with Crippen molar-refractivity contribution in [3.63, 3.8) is 0 Å². The highest BCUT2D eigenvalue weighted by molar-refractivity contribution is 9.11. The molecule has 94 valence electrons. The average Bonchev–Trinajstić information content (AvgIpc) is 2.74. The number of aromatic nitrogens is 1. The number of pyridine rings is 1. The van der Waals surface area contributed by atoms with Gasteiger partial charge in [-0.15, -0.1) is 11.3 Å². The molecule has 0 aliphatic carbocycles. The molecule has 2 aromatic heterocycles. The number of hydrogen-bond donors (Lipinski definition) is 0. The van der Waals surface area contributed by atoms with Crippen LogP contribution in [0.15, 0.2) is 33.7 Å². The first-order valence-corrected chi connectivity index (χ1v) is 7.21. The van der Waals surface area contributed by atoms with E-state index in [1.54, 1.807) is 35.5 Å². The summed E-state index contributed by atoms with van der Waals surface area (Å²) in [5, 5.41) is 2.39. The summed E-state index contributed by atoms with van der Waals surface area (Å²) in [7, 11) is 1.75. The highest BCUT2D eigenvalue weighted by Gasteiger charge is 2.15. The van der Waals surface area contributed by atoms with Gasteiger partial charge in [0.15, 0.2) is 0 Å². The van der Waals surface area contributed by atoms with E-state index < -0.39 is 0 Å². The smallest absolute Gasteiger partial charge is 0.255 e. The van der Waals surface area contributed by atoms with E-state index >= 15 is 0 Å². The van der Waals surface area contributed by atoms with E-state index in [0.29, 0.717) is 17.1 Å². The van der Waals surface area contributed by atoms with Gasteiger partial charge >= 0.3 is 0 Å².